The minimum Gasteiger partial charge on any atom is -0.493 e. The van der Waals surface area contributed by atoms with Gasteiger partial charge in [0.2, 0.25) is 0 Å². The highest BCUT2D eigenvalue weighted by molar-refractivity contribution is 5.80. The van der Waals surface area contributed by atoms with E-state index in [9.17, 15) is 0 Å². The van der Waals surface area contributed by atoms with E-state index in [0.29, 0.717) is 5.54 Å². The van der Waals surface area contributed by atoms with Gasteiger partial charge in [-0.3, -0.25) is 0 Å². The van der Waals surface area contributed by atoms with Crippen LogP contribution in [-0.4, -0.2) is 26.0 Å². The standard InChI is InChI=1S/C15H19NO2/c1-17-13-7-11-9-15(5-3-4-6-15)16-10-12(11)8-14(13)18-2/h7-8,10H,3-6,9H2,1-2H3/p+1. The van der Waals surface area contributed by atoms with Gasteiger partial charge in [0, 0.05) is 24.8 Å². The van der Waals surface area contributed by atoms with Crippen molar-refractivity contribution in [1.29, 1.82) is 0 Å². The first-order valence-corrected chi connectivity index (χ1v) is 6.62. The molecule has 2 aliphatic rings. The summed E-state index contributed by atoms with van der Waals surface area (Å²) < 4.78 is 10.7. The summed E-state index contributed by atoms with van der Waals surface area (Å²) in [7, 11) is 3.37. The molecule has 0 unspecified atom stereocenters. The van der Waals surface area contributed by atoms with Crippen LogP contribution < -0.4 is 14.5 Å². The van der Waals surface area contributed by atoms with Gasteiger partial charge in [-0.2, -0.15) is 0 Å². The number of benzene rings is 1. The molecular formula is C15H20NO2+. The van der Waals surface area contributed by atoms with Crippen LogP contribution in [0.3, 0.4) is 0 Å². The van der Waals surface area contributed by atoms with Crippen molar-refractivity contribution < 1.29 is 14.5 Å². The monoisotopic (exact) mass is 246 g/mol. The maximum absolute atomic E-state index is 5.39. The summed E-state index contributed by atoms with van der Waals surface area (Å²) in [6.45, 7) is 0. The van der Waals surface area contributed by atoms with Crippen LogP contribution in [0.25, 0.3) is 0 Å². The van der Waals surface area contributed by atoms with E-state index in [1.54, 1.807) is 14.2 Å². The van der Waals surface area contributed by atoms with Crippen LogP contribution in [0.15, 0.2) is 12.1 Å². The zero-order valence-corrected chi connectivity index (χ0v) is 11.1. The second-order valence-corrected chi connectivity index (χ2v) is 5.36. The lowest BCUT2D eigenvalue weighted by atomic mass is 9.85. The van der Waals surface area contributed by atoms with Crippen molar-refractivity contribution in [3.8, 4) is 11.5 Å². The molecule has 1 aromatic carbocycles. The van der Waals surface area contributed by atoms with Gasteiger partial charge in [-0.15, -0.1) is 0 Å². The molecule has 18 heavy (non-hydrogen) atoms. The third-order valence-corrected chi connectivity index (χ3v) is 4.27. The summed E-state index contributed by atoms with van der Waals surface area (Å²) in [6, 6.07) is 4.19. The molecule has 1 aliphatic heterocycles. The molecule has 1 aromatic rings. The van der Waals surface area contributed by atoms with Crippen molar-refractivity contribution in [2.24, 2.45) is 0 Å². The summed E-state index contributed by atoms with van der Waals surface area (Å²) in [5.41, 5.74) is 2.89. The molecule has 0 amide bonds. The van der Waals surface area contributed by atoms with E-state index in [0.717, 1.165) is 17.9 Å². The zero-order chi connectivity index (χ0) is 12.6. The van der Waals surface area contributed by atoms with Gasteiger partial charge in [0.15, 0.2) is 23.3 Å². The van der Waals surface area contributed by atoms with Crippen LogP contribution in [0.1, 0.15) is 36.8 Å². The molecule has 0 atom stereocenters. The SMILES string of the molecule is COc1cc2c(cc1OC)CC1(CCCC1)[NH+]=C2. The molecule has 1 aliphatic carbocycles. The van der Waals surface area contributed by atoms with Gasteiger partial charge in [-0.05, 0) is 30.5 Å². The smallest absolute Gasteiger partial charge is 0.169 e. The van der Waals surface area contributed by atoms with Gasteiger partial charge in [-0.1, -0.05) is 0 Å². The molecule has 96 valence electrons. The zero-order valence-electron chi connectivity index (χ0n) is 11.1. The minimum atomic E-state index is 0.298. The maximum Gasteiger partial charge on any atom is 0.169 e. The highest BCUT2D eigenvalue weighted by Crippen LogP contribution is 2.35. The topological polar surface area (TPSA) is 32.4 Å². The van der Waals surface area contributed by atoms with E-state index in [2.05, 4.69) is 23.3 Å². The second kappa shape index (κ2) is 4.30. The molecule has 0 aromatic heterocycles. The second-order valence-electron chi connectivity index (χ2n) is 5.36. The van der Waals surface area contributed by atoms with Crippen molar-refractivity contribution in [2.75, 3.05) is 14.2 Å². The van der Waals surface area contributed by atoms with Crippen LogP contribution in [-0.2, 0) is 6.42 Å². The molecule has 0 bridgehead atoms. The summed E-state index contributed by atoms with van der Waals surface area (Å²) in [5.74, 6) is 1.64. The third-order valence-electron chi connectivity index (χ3n) is 4.27. The van der Waals surface area contributed by atoms with Gasteiger partial charge in [-0.25, -0.2) is 4.99 Å². The summed E-state index contributed by atoms with van der Waals surface area (Å²) in [6.07, 6.45) is 8.47. The van der Waals surface area contributed by atoms with E-state index < -0.39 is 0 Å². The number of methoxy groups -OCH3 is 2. The molecule has 1 fully saturated rings. The molecular weight excluding hydrogens is 226 g/mol. The Bertz CT molecular complexity index is 488. The van der Waals surface area contributed by atoms with Gasteiger partial charge < -0.3 is 9.47 Å². The van der Waals surface area contributed by atoms with Crippen molar-refractivity contribution in [2.45, 2.75) is 37.6 Å². The Kier molecular flexibility index (Phi) is 2.77. The lowest BCUT2D eigenvalue weighted by Crippen LogP contribution is -2.86. The lowest BCUT2D eigenvalue weighted by Gasteiger charge is -2.24. The van der Waals surface area contributed by atoms with Crippen LogP contribution >= 0.6 is 0 Å². The fourth-order valence-corrected chi connectivity index (χ4v) is 3.24. The quantitative estimate of drug-likeness (QED) is 0.846. The first-order valence-electron chi connectivity index (χ1n) is 6.62. The number of ether oxygens (including phenoxy) is 2. The molecule has 0 radical (unpaired) electrons. The van der Waals surface area contributed by atoms with E-state index in [4.69, 9.17) is 9.47 Å². The van der Waals surface area contributed by atoms with Gasteiger partial charge in [0.1, 0.15) is 0 Å². The van der Waals surface area contributed by atoms with Crippen molar-refractivity contribution >= 4 is 6.21 Å². The van der Waals surface area contributed by atoms with Gasteiger partial charge in [0.05, 0.1) is 14.2 Å². The number of hydrogen-bond donors (Lipinski definition) is 1. The Morgan fingerprint density at radius 1 is 1.06 bits per heavy atom. The predicted octanol–water partition coefficient (Wildman–Crippen LogP) is 1.07. The van der Waals surface area contributed by atoms with Crippen LogP contribution in [0, 0.1) is 0 Å². The Morgan fingerprint density at radius 3 is 2.39 bits per heavy atom. The first-order chi connectivity index (χ1) is 8.76. The Hall–Kier alpha value is -1.51. The first kappa shape index (κ1) is 11.6. The Labute approximate surface area is 108 Å². The van der Waals surface area contributed by atoms with E-state index in [-0.39, 0.29) is 0 Å². The molecule has 3 rings (SSSR count). The van der Waals surface area contributed by atoms with E-state index >= 15 is 0 Å². The largest absolute Gasteiger partial charge is 0.493 e. The summed E-state index contributed by atoms with van der Waals surface area (Å²) in [5, 5.41) is 0. The fourth-order valence-electron chi connectivity index (χ4n) is 3.24. The van der Waals surface area contributed by atoms with Crippen molar-refractivity contribution in [3.63, 3.8) is 0 Å². The molecule has 1 saturated carbocycles. The van der Waals surface area contributed by atoms with Crippen LogP contribution in [0.5, 0.6) is 11.5 Å². The van der Waals surface area contributed by atoms with Crippen LogP contribution in [0.2, 0.25) is 0 Å². The van der Waals surface area contributed by atoms with Crippen molar-refractivity contribution in [1.82, 2.24) is 0 Å². The molecule has 3 heteroatoms. The van der Waals surface area contributed by atoms with Gasteiger partial charge in [0.25, 0.3) is 0 Å². The third kappa shape index (κ3) is 1.78. The van der Waals surface area contributed by atoms with Gasteiger partial charge >= 0.3 is 0 Å². The Balaban J connectivity index is 2.00. The predicted molar refractivity (Wildman–Crippen MR) is 70.6 cm³/mol. The summed E-state index contributed by atoms with van der Waals surface area (Å²) >= 11 is 0. The maximum atomic E-state index is 5.39. The molecule has 1 heterocycles. The van der Waals surface area contributed by atoms with E-state index in [1.807, 2.05) is 0 Å². The van der Waals surface area contributed by atoms with Crippen LogP contribution in [0.4, 0.5) is 0 Å². The number of fused-ring (bicyclic) bond motifs is 1. The highest BCUT2D eigenvalue weighted by atomic mass is 16.5. The average molecular weight is 246 g/mol. The molecule has 1 spiro atoms. The highest BCUT2D eigenvalue weighted by Gasteiger charge is 2.41. The van der Waals surface area contributed by atoms with Crippen molar-refractivity contribution in [3.05, 3.63) is 23.3 Å². The number of hydrogen-bond acceptors (Lipinski definition) is 2. The minimum absolute atomic E-state index is 0.298. The number of nitrogens with one attached hydrogen (secondary N) is 1. The Morgan fingerprint density at radius 2 is 1.72 bits per heavy atom. The fraction of sp³-hybridized carbons (Fsp3) is 0.533. The normalized spacial score (nSPS) is 19.9. The molecule has 1 N–H and O–H groups in total. The number of rotatable bonds is 2. The van der Waals surface area contributed by atoms with E-state index in [1.165, 1.54) is 36.8 Å². The molecule has 3 nitrogen and oxygen atoms in total. The average Bonchev–Trinajstić information content (AvgIpc) is 2.85. The molecule has 0 saturated heterocycles. The lowest BCUT2D eigenvalue weighted by molar-refractivity contribution is -0.549. The summed E-state index contributed by atoms with van der Waals surface area (Å²) in [4.78, 5) is 3.62.